The van der Waals surface area contributed by atoms with Gasteiger partial charge < -0.3 is 15.4 Å². The molecule has 0 radical (unpaired) electrons. The van der Waals surface area contributed by atoms with Gasteiger partial charge in [0.1, 0.15) is 11.4 Å². The average Bonchev–Trinajstić information content (AvgIpc) is 2.35. The lowest BCUT2D eigenvalue weighted by Crippen LogP contribution is -2.35. The number of halogens is 2. The lowest BCUT2D eigenvalue weighted by atomic mass is 10.1. The van der Waals surface area contributed by atoms with Crippen LogP contribution >= 0.6 is 11.6 Å². The van der Waals surface area contributed by atoms with Gasteiger partial charge in [0.25, 0.3) is 0 Å². The van der Waals surface area contributed by atoms with Crippen molar-refractivity contribution in [2.24, 2.45) is 0 Å². The fourth-order valence-corrected chi connectivity index (χ4v) is 2.17. The quantitative estimate of drug-likeness (QED) is 0.858. The van der Waals surface area contributed by atoms with E-state index in [2.05, 4.69) is 10.6 Å². The Balaban J connectivity index is 2.40. The Morgan fingerprint density at radius 2 is 2.00 bits per heavy atom. The van der Waals surface area contributed by atoms with Gasteiger partial charge in [-0.1, -0.05) is 17.7 Å². The van der Waals surface area contributed by atoms with Crippen molar-refractivity contribution in [1.82, 2.24) is 10.6 Å². The number of alkyl carbamates (subject to hydrolysis) is 1. The maximum Gasteiger partial charge on any atom is 0.407 e. The minimum absolute atomic E-state index is 0.0996. The van der Waals surface area contributed by atoms with Crippen molar-refractivity contribution in [3.63, 3.8) is 0 Å². The Morgan fingerprint density at radius 1 is 1.35 bits per heavy atom. The highest BCUT2D eigenvalue weighted by Gasteiger charge is 2.17. The highest BCUT2D eigenvalue weighted by molar-refractivity contribution is 6.31. The number of nitrogens with one attached hydrogen (secondary N) is 2. The first-order valence-corrected chi connectivity index (χ1v) is 7.67. The van der Waals surface area contributed by atoms with Crippen LogP contribution in [0.4, 0.5) is 9.18 Å². The van der Waals surface area contributed by atoms with Crippen molar-refractivity contribution in [2.75, 3.05) is 6.54 Å². The van der Waals surface area contributed by atoms with Gasteiger partial charge in [-0.05, 0) is 45.4 Å². The van der Waals surface area contributed by atoms with E-state index in [1.54, 1.807) is 27.7 Å². The van der Waals surface area contributed by atoms with Crippen LogP contribution in [0.3, 0.4) is 0 Å². The molecule has 128 valence electrons. The van der Waals surface area contributed by atoms with Crippen molar-refractivity contribution in [2.45, 2.75) is 45.8 Å². The number of ether oxygens (including phenoxy) is 1. The van der Waals surface area contributed by atoms with Gasteiger partial charge in [0.05, 0.1) is 6.04 Å². The molecule has 1 aromatic carbocycles. The van der Waals surface area contributed by atoms with Crippen LogP contribution < -0.4 is 10.6 Å². The number of hydrogen-bond donors (Lipinski definition) is 2. The molecule has 0 bridgehead atoms. The van der Waals surface area contributed by atoms with Gasteiger partial charge in [-0.15, -0.1) is 0 Å². The Kier molecular flexibility index (Phi) is 6.81. The van der Waals surface area contributed by atoms with E-state index in [0.717, 1.165) is 0 Å². The Morgan fingerprint density at radius 3 is 2.57 bits per heavy atom. The Bertz CT molecular complexity index is 573. The summed E-state index contributed by atoms with van der Waals surface area (Å²) in [5.74, 6) is -0.687. The summed E-state index contributed by atoms with van der Waals surface area (Å²) in [5.41, 5.74) is 0.0433. The zero-order chi connectivity index (χ0) is 17.6. The third-order valence-corrected chi connectivity index (χ3v) is 3.15. The van der Waals surface area contributed by atoms with Crippen LogP contribution in [0.2, 0.25) is 5.02 Å². The largest absolute Gasteiger partial charge is 0.444 e. The van der Waals surface area contributed by atoms with E-state index in [1.807, 2.05) is 0 Å². The normalized spacial score (nSPS) is 12.4. The number of rotatable bonds is 5. The smallest absolute Gasteiger partial charge is 0.407 e. The van der Waals surface area contributed by atoms with Crippen LogP contribution in [0, 0.1) is 5.82 Å². The Hall–Kier alpha value is -1.82. The Labute approximate surface area is 140 Å². The van der Waals surface area contributed by atoms with Crippen molar-refractivity contribution >= 4 is 23.6 Å². The number of carbonyl (C=O) groups excluding carboxylic acids is 2. The molecule has 0 aliphatic heterocycles. The summed E-state index contributed by atoms with van der Waals surface area (Å²) in [7, 11) is 0. The predicted octanol–water partition coefficient (Wildman–Crippen LogP) is 3.57. The van der Waals surface area contributed by atoms with Gasteiger partial charge in [0.15, 0.2) is 0 Å². The zero-order valence-electron chi connectivity index (χ0n) is 13.7. The van der Waals surface area contributed by atoms with Crippen LogP contribution in [0.1, 0.15) is 45.7 Å². The maximum absolute atomic E-state index is 13.0. The van der Waals surface area contributed by atoms with E-state index < -0.39 is 17.5 Å². The third kappa shape index (κ3) is 7.32. The molecule has 0 heterocycles. The molecule has 23 heavy (non-hydrogen) atoms. The molecule has 1 atom stereocenters. The highest BCUT2D eigenvalue weighted by Crippen LogP contribution is 2.23. The summed E-state index contributed by atoms with van der Waals surface area (Å²) in [4.78, 5) is 23.3. The first-order chi connectivity index (χ1) is 10.6. The van der Waals surface area contributed by atoms with Crippen molar-refractivity contribution in [3.05, 3.63) is 34.6 Å². The molecule has 0 saturated heterocycles. The van der Waals surface area contributed by atoms with Crippen LogP contribution in [-0.4, -0.2) is 24.1 Å². The molecule has 2 N–H and O–H groups in total. The minimum atomic E-state index is -0.583. The monoisotopic (exact) mass is 344 g/mol. The van der Waals surface area contributed by atoms with E-state index in [9.17, 15) is 14.0 Å². The number of hydrogen-bond acceptors (Lipinski definition) is 3. The summed E-state index contributed by atoms with van der Waals surface area (Å²) in [6, 6.07) is 3.65. The van der Waals surface area contributed by atoms with Crippen molar-refractivity contribution < 1.29 is 18.7 Å². The molecule has 2 amide bonds. The van der Waals surface area contributed by atoms with Crippen molar-refractivity contribution in [1.29, 1.82) is 0 Å². The number of benzene rings is 1. The van der Waals surface area contributed by atoms with Crippen LogP contribution in [0.5, 0.6) is 0 Å². The fourth-order valence-electron chi connectivity index (χ4n) is 1.84. The van der Waals surface area contributed by atoms with Gasteiger partial charge in [0, 0.05) is 18.0 Å². The summed E-state index contributed by atoms with van der Waals surface area (Å²) < 4.78 is 18.1. The summed E-state index contributed by atoms with van der Waals surface area (Å²) in [6.45, 7) is 7.18. The summed E-state index contributed by atoms with van der Waals surface area (Å²) in [6.07, 6.45) is -0.470. The molecule has 1 aromatic rings. The minimum Gasteiger partial charge on any atom is -0.444 e. The van der Waals surface area contributed by atoms with Crippen LogP contribution in [0.15, 0.2) is 18.2 Å². The molecular weight excluding hydrogens is 323 g/mol. The van der Waals surface area contributed by atoms with Gasteiger partial charge in [0.2, 0.25) is 5.91 Å². The van der Waals surface area contributed by atoms with E-state index >= 15 is 0 Å². The van der Waals surface area contributed by atoms with E-state index in [0.29, 0.717) is 5.56 Å². The fraction of sp³-hybridized carbons (Fsp3) is 0.500. The van der Waals surface area contributed by atoms with Gasteiger partial charge in [-0.3, -0.25) is 4.79 Å². The standard InChI is InChI=1S/C16H22ClFN2O3/c1-10(12-6-5-11(18)9-13(12)17)20-14(21)7-8-19-15(22)23-16(2,3)4/h5-6,9-10H,7-8H2,1-4H3,(H,19,22)(H,20,21). The molecule has 5 nitrogen and oxygen atoms in total. The van der Waals surface area contributed by atoms with Crippen LogP contribution in [-0.2, 0) is 9.53 Å². The lowest BCUT2D eigenvalue weighted by molar-refractivity contribution is -0.121. The van der Waals surface area contributed by atoms with Gasteiger partial charge in [-0.2, -0.15) is 0 Å². The molecule has 0 aliphatic rings. The predicted molar refractivity (Wildman–Crippen MR) is 86.8 cm³/mol. The SMILES string of the molecule is CC(NC(=O)CCNC(=O)OC(C)(C)C)c1ccc(F)cc1Cl. The number of amides is 2. The average molecular weight is 345 g/mol. The number of carbonyl (C=O) groups is 2. The van der Waals surface area contributed by atoms with E-state index in [4.69, 9.17) is 16.3 Å². The first kappa shape index (κ1) is 19.2. The van der Waals surface area contributed by atoms with E-state index in [1.165, 1.54) is 18.2 Å². The van der Waals surface area contributed by atoms with Crippen molar-refractivity contribution in [3.8, 4) is 0 Å². The second-order valence-corrected chi connectivity index (χ2v) is 6.54. The second-order valence-electron chi connectivity index (χ2n) is 6.13. The molecule has 0 spiro atoms. The molecule has 0 aromatic heterocycles. The molecular formula is C16H22ClFN2O3. The third-order valence-electron chi connectivity index (χ3n) is 2.83. The van der Waals surface area contributed by atoms with Gasteiger partial charge in [-0.25, -0.2) is 9.18 Å². The maximum atomic E-state index is 13.0. The molecule has 0 fully saturated rings. The molecule has 7 heteroatoms. The zero-order valence-corrected chi connectivity index (χ0v) is 14.5. The summed E-state index contributed by atoms with van der Waals surface area (Å²) >= 11 is 5.95. The topological polar surface area (TPSA) is 67.4 Å². The van der Waals surface area contributed by atoms with E-state index in [-0.39, 0.29) is 29.9 Å². The molecule has 1 unspecified atom stereocenters. The molecule has 0 saturated carbocycles. The lowest BCUT2D eigenvalue weighted by Gasteiger charge is -2.20. The summed E-state index contributed by atoms with van der Waals surface area (Å²) in [5, 5.41) is 5.50. The van der Waals surface area contributed by atoms with Gasteiger partial charge >= 0.3 is 6.09 Å². The molecule has 0 aliphatic carbocycles. The second kappa shape index (κ2) is 8.15. The molecule has 1 rings (SSSR count). The highest BCUT2D eigenvalue weighted by atomic mass is 35.5. The first-order valence-electron chi connectivity index (χ1n) is 7.29. The van der Waals surface area contributed by atoms with Crippen LogP contribution in [0.25, 0.3) is 0 Å².